The van der Waals surface area contributed by atoms with Crippen molar-refractivity contribution in [3.63, 3.8) is 0 Å². The van der Waals surface area contributed by atoms with E-state index in [0.717, 1.165) is 24.4 Å². The first-order valence-corrected chi connectivity index (χ1v) is 13.8. The molecule has 5 aliphatic carbocycles. The van der Waals surface area contributed by atoms with E-state index in [0.29, 0.717) is 38.9 Å². The molecule has 10 atom stereocenters. The maximum atomic E-state index is 11.0. The van der Waals surface area contributed by atoms with Crippen molar-refractivity contribution < 1.29 is 9.84 Å². The zero-order valence-electron chi connectivity index (χ0n) is 21.2. The Kier molecular flexibility index (Phi) is 4.24. The molecule has 176 valence electrons. The second kappa shape index (κ2) is 6.12. The molecule has 1 N–H and O–H groups in total. The van der Waals surface area contributed by atoms with Crippen LogP contribution in [-0.2, 0) is 4.74 Å². The first-order chi connectivity index (χ1) is 14.4. The van der Waals surface area contributed by atoms with Gasteiger partial charge in [0.25, 0.3) is 0 Å². The minimum absolute atomic E-state index is 0.345. The molecule has 0 spiro atoms. The summed E-state index contributed by atoms with van der Waals surface area (Å²) in [6.07, 6.45) is 15.3. The molecule has 2 heteroatoms. The van der Waals surface area contributed by atoms with Crippen LogP contribution in [0, 0.1) is 56.7 Å². The molecule has 1 aliphatic heterocycles. The third-order valence-electron chi connectivity index (χ3n) is 13.7. The Hall–Kier alpha value is -0.0800. The zero-order chi connectivity index (χ0) is 22.1. The number of fused-ring (bicyclic) bond motifs is 5. The second-order valence-corrected chi connectivity index (χ2v) is 14.8. The second-order valence-electron chi connectivity index (χ2n) is 14.8. The van der Waals surface area contributed by atoms with Crippen LogP contribution >= 0.6 is 0 Å². The number of aliphatic hydroxyl groups is 1. The fourth-order valence-electron chi connectivity index (χ4n) is 12.3. The molecule has 0 aromatic heterocycles. The lowest BCUT2D eigenvalue weighted by atomic mass is 9.32. The minimum Gasteiger partial charge on any atom is -0.365 e. The summed E-state index contributed by atoms with van der Waals surface area (Å²) >= 11 is 0. The van der Waals surface area contributed by atoms with E-state index in [1.807, 2.05) is 6.92 Å². The molecule has 0 aromatic rings. The Balaban J connectivity index is 1.39. The van der Waals surface area contributed by atoms with Crippen molar-refractivity contribution in [3.05, 3.63) is 0 Å². The predicted molar refractivity (Wildman–Crippen MR) is 125 cm³/mol. The SMILES string of the molecule is CC1(C)CCC[C@]2(C)[C@H]3CC[C@@H]4[C@@]56CC[C@@H]([C@@H]5CC[C@@]4(C)[C@]3(C)CC[C@@H]12)C(C)(O)OC6. The van der Waals surface area contributed by atoms with E-state index >= 15 is 0 Å². The van der Waals surface area contributed by atoms with Crippen molar-refractivity contribution in [1.29, 1.82) is 0 Å². The molecule has 5 saturated carbocycles. The van der Waals surface area contributed by atoms with Gasteiger partial charge in [-0.15, -0.1) is 0 Å². The Morgan fingerprint density at radius 2 is 1.29 bits per heavy atom. The van der Waals surface area contributed by atoms with E-state index in [1.54, 1.807) is 0 Å². The van der Waals surface area contributed by atoms with E-state index in [9.17, 15) is 5.11 Å². The molecule has 2 nitrogen and oxygen atoms in total. The summed E-state index contributed by atoms with van der Waals surface area (Å²) in [7, 11) is 0. The van der Waals surface area contributed by atoms with Crippen molar-refractivity contribution >= 4 is 0 Å². The average molecular weight is 429 g/mol. The molecule has 6 rings (SSSR count). The lowest BCUT2D eigenvalue weighted by Gasteiger charge is -2.73. The highest BCUT2D eigenvalue weighted by molar-refractivity contribution is 5.20. The van der Waals surface area contributed by atoms with Crippen LogP contribution in [0.4, 0.5) is 0 Å². The maximum Gasteiger partial charge on any atom is 0.165 e. The summed E-state index contributed by atoms with van der Waals surface area (Å²) in [5.41, 5.74) is 2.29. The van der Waals surface area contributed by atoms with Crippen LogP contribution in [0.25, 0.3) is 0 Å². The Labute approximate surface area is 191 Å². The summed E-state index contributed by atoms with van der Waals surface area (Å²) < 4.78 is 6.26. The molecule has 6 aliphatic rings. The summed E-state index contributed by atoms with van der Waals surface area (Å²) in [5.74, 6) is 2.75. The third-order valence-corrected chi connectivity index (χ3v) is 13.7. The Bertz CT molecular complexity index is 771. The third kappa shape index (κ3) is 2.38. The number of hydrogen-bond acceptors (Lipinski definition) is 2. The van der Waals surface area contributed by atoms with Gasteiger partial charge in [-0.25, -0.2) is 0 Å². The van der Waals surface area contributed by atoms with Crippen LogP contribution in [0.5, 0.6) is 0 Å². The highest BCUT2D eigenvalue weighted by Crippen LogP contribution is 2.78. The molecule has 0 aromatic carbocycles. The van der Waals surface area contributed by atoms with Gasteiger partial charge in [0.1, 0.15) is 0 Å². The zero-order valence-corrected chi connectivity index (χ0v) is 21.2. The first kappa shape index (κ1) is 21.5. The van der Waals surface area contributed by atoms with Gasteiger partial charge in [0.2, 0.25) is 0 Å². The normalized spacial score (nSPS) is 62.2. The van der Waals surface area contributed by atoms with Gasteiger partial charge in [0.15, 0.2) is 5.79 Å². The molecular formula is C29H48O2. The highest BCUT2D eigenvalue weighted by atomic mass is 16.6. The lowest BCUT2D eigenvalue weighted by molar-refractivity contribution is -0.316. The van der Waals surface area contributed by atoms with E-state index in [1.165, 1.54) is 70.6 Å². The fourth-order valence-corrected chi connectivity index (χ4v) is 12.3. The molecule has 0 radical (unpaired) electrons. The van der Waals surface area contributed by atoms with Crippen molar-refractivity contribution in [1.82, 2.24) is 0 Å². The highest BCUT2D eigenvalue weighted by Gasteiger charge is 2.73. The van der Waals surface area contributed by atoms with Gasteiger partial charge >= 0.3 is 0 Å². The molecule has 1 saturated heterocycles. The van der Waals surface area contributed by atoms with Crippen LogP contribution in [0.3, 0.4) is 0 Å². The Morgan fingerprint density at radius 1 is 0.645 bits per heavy atom. The topological polar surface area (TPSA) is 29.5 Å². The van der Waals surface area contributed by atoms with Crippen LogP contribution in [0.1, 0.15) is 112 Å². The van der Waals surface area contributed by atoms with Crippen LogP contribution in [0.2, 0.25) is 0 Å². The Morgan fingerprint density at radius 3 is 2.06 bits per heavy atom. The van der Waals surface area contributed by atoms with E-state index in [-0.39, 0.29) is 0 Å². The van der Waals surface area contributed by atoms with Crippen LogP contribution in [0.15, 0.2) is 0 Å². The monoisotopic (exact) mass is 428 g/mol. The quantitative estimate of drug-likeness (QED) is 0.442. The van der Waals surface area contributed by atoms with Crippen LogP contribution < -0.4 is 0 Å². The standard InChI is InChI=1S/C29H48O2/c1-24(2)13-7-14-25(3)21(24)12-16-26(4)22(25)8-9-23-27(26,5)15-10-20-19-11-17-29(20,23)18-31-28(19,6)30/h19-23,30H,7-18H2,1-6H3/t19-,20-,21-,22+,23-,25-,26+,27+,28?,29+/m0/s1. The van der Waals surface area contributed by atoms with Crippen molar-refractivity contribution in [2.45, 2.75) is 118 Å². The van der Waals surface area contributed by atoms with Gasteiger partial charge < -0.3 is 9.84 Å². The average Bonchev–Trinajstić information content (AvgIpc) is 3.00. The summed E-state index contributed by atoms with van der Waals surface area (Å²) in [5, 5.41) is 11.0. The lowest BCUT2D eigenvalue weighted by Crippen LogP contribution is -2.68. The van der Waals surface area contributed by atoms with Gasteiger partial charge in [0.05, 0.1) is 6.61 Å². The smallest absolute Gasteiger partial charge is 0.165 e. The molecule has 6 fully saturated rings. The fraction of sp³-hybridized carbons (Fsp3) is 1.00. The largest absolute Gasteiger partial charge is 0.365 e. The van der Waals surface area contributed by atoms with Gasteiger partial charge in [0, 0.05) is 11.3 Å². The van der Waals surface area contributed by atoms with Gasteiger partial charge in [-0.05, 0) is 116 Å². The van der Waals surface area contributed by atoms with E-state index in [2.05, 4.69) is 34.6 Å². The predicted octanol–water partition coefficient (Wildman–Crippen LogP) is 7.20. The molecule has 1 heterocycles. The number of ether oxygens (including phenoxy) is 1. The summed E-state index contributed by atoms with van der Waals surface area (Å²) in [6, 6.07) is 0. The minimum atomic E-state index is -0.890. The van der Waals surface area contributed by atoms with Gasteiger partial charge in [-0.2, -0.15) is 0 Å². The van der Waals surface area contributed by atoms with Crippen LogP contribution in [-0.4, -0.2) is 17.5 Å². The molecule has 1 unspecified atom stereocenters. The van der Waals surface area contributed by atoms with Crippen molar-refractivity contribution in [2.75, 3.05) is 6.61 Å². The number of hydrogen-bond donors (Lipinski definition) is 1. The summed E-state index contributed by atoms with van der Waals surface area (Å²) in [6.45, 7) is 16.1. The summed E-state index contributed by atoms with van der Waals surface area (Å²) in [4.78, 5) is 0. The number of rotatable bonds is 0. The maximum absolute atomic E-state index is 11.0. The molecule has 2 bridgehead atoms. The van der Waals surface area contributed by atoms with Gasteiger partial charge in [-0.3, -0.25) is 0 Å². The van der Waals surface area contributed by atoms with Gasteiger partial charge in [-0.1, -0.05) is 41.0 Å². The van der Waals surface area contributed by atoms with Crippen molar-refractivity contribution in [3.8, 4) is 0 Å². The molecular weight excluding hydrogens is 380 g/mol. The van der Waals surface area contributed by atoms with E-state index < -0.39 is 5.79 Å². The first-order valence-electron chi connectivity index (χ1n) is 13.8. The van der Waals surface area contributed by atoms with E-state index in [4.69, 9.17) is 4.74 Å². The molecule has 31 heavy (non-hydrogen) atoms. The van der Waals surface area contributed by atoms with Crippen molar-refractivity contribution in [2.24, 2.45) is 56.7 Å². The molecule has 0 amide bonds.